The summed E-state index contributed by atoms with van der Waals surface area (Å²) in [6.07, 6.45) is 0. The number of esters is 1. The second-order valence-electron chi connectivity index (χ2n) is 4.20. The molecule has 0 spiro atoms. The third-order valence-corrected chi connectivity index (χ3v) is 3.49. The lowest BCUT2D eigenvalue weighted by molar-refractivity contribution is -0.138. The Morgan fingerprint density at radius 2 is 2.19 bits per heavy atom. The number of hydrogen-bond donors (Lipinski definition) is 0. The molecule has 0 fully saturated rings. The zero-order valence-electron chi connectivity index (χ0n) is 11.5. The monoisotopic (exact) mass is 308 g/mol. The second kappa shape index (κ2) is 6.45. The molecule has 21 heavy (non-hydrogen) atoms. The van der Waals surface area contributed by atoms with E-state index in [4.69, 9.17) is 0 Å². The van der Waals surface area contributed by atoms with Crippen LogP contribution in [0.25, 0.3) is 0 Å². The molecule has 1 aromatic heterocycles. The van der Waals surface area contributed by atoms with Crippen molar-refractivity contribution in [1.82, 2.24) is 4.98 Å². The van der Waals surface area contributed by atoms with Gasteiger partial charge in [-0.2, -0.15) is 0 Å². The number of nitrogens with zero attached hydrogens (tertiary/aromatic N) is 2. The van der Waals surface area contributed by atoms with Gasteiger partial charge in [0.05, 0.1) is 12.1 Å². The molecule has 7 heteroatoms. The Balaban J connectivity index is 2.36. The molecule has 0 bridgehead atoms. The minimum Gasteiger partial charge on any atom is -0.468 e. The number of aryl methyl sites for hydroxylation is 1. The average Bonchev–Trinajstić information content (AvgIpc) is 2.90. The lowest BCUT2D eigenvalue weighted by Crippen LogP contribution is -2.36. The van der Waals surface area contributed by atoms with E-state index in [1.54, 1.807) is 18.4 Å². The van der Waals surface area contributed by atoms with E-state index < -0.39 is 17.7 Å². The number of halogens is 1. The van der Waals surface area contributed by atoms with Gasteiger partial charge in [0, 0.05) is 11.1 Å². The first-order valence-electron chi connectivity index (χ1n) is 6.07. The van der Waals surface area contributed by atoms with Crippen LogP contribution in [-0.2, 0) is 9.53 Å². The molecular weight excluding hydrogens is 295 g/mol. The number of ether oxygens (including phenoxy) is 1. The molecule has 0 radical (unpaired) electrons. The highest BCUT2D eigenvalue weighted by molar-refractivity contribution is 7.09. The fourth-order valence-corrected chi connectivity index (χ4v) is 2.30. The molecule has 0 saturated carbocycles. The van der Waals surface area contributed by atoms with Crippen LogP contribution >= 0.6 is 11.3 Å². The summed E-state index contributed by atoms with van der Waals surface area (Å²) in [7, 11) is 1.23. The summed E-state index contributed by atoms with van der Waals surface area (Å²) in [6.45, 7) is 1.46. The Morgan fingerprint density at radius 3 is 2.76 bits per heavy atom. The van der Waals surface area contributed by atoms with Crippen molar-refractivity contribution in [2.75, 3.05) is 18.6 Å². The van der Waals surface area contributed by atoms with Crippen LogP contribution < -0.4 is 4.90 Å². The number of methoxy groups -OCH3 is 1. The standard InChI is InChI=1S/C14H13FN2O3S/c1-9-16-12(8-21-9)14(19)17(7-13(18)20-2)11-5-3-4-10(15)6-11/h3-6,8H,7H2,1-2H3. The van der Waals surface area contributed by atoms with Crippen molar-refractivity contribution in [2.45, 2.75) is 6.92 Å². The van der Waals surface area contributed by atoms with Crippen LogP contribution in [0, 0.1) is 12.7 Å². The predicted octanol–water partition coefficient (Wildman–Crippen LogP) is 2.41. The van der Waals surface area contributed by atoms with Crippen molar-refractivity contribution in [3.8, 4) is 0 Å². The van der Waals surface area contributed by atoms with Crippen LogP contribution in [0.1, 0.15) is 15.5 Å². The van der Waals surface area contributed by atoms with Crippen molar-refractivity contribution >= 4 is 28.9 Å². The number of rotatable bonds is 4. The lowest BCUT2D eigenvalue weighted by atomic mass is 10.2. The van der Waals surface area contributed by atoms with Crippen molar-refractivity contribution in [2.24, 2.45) is 0 Å². The molecule has 1 heterocycles. The number of aromatic nitrogens is 1. The van der Waals surface area contributed by atoms with Crippen molar-refractivity contribution in [1.29, 1.82) is 0 Å². The highest BCUT2D eigenvalue weighted by Crippen LogP contribution is 2.19. The minimum absolute atomic E-state index is 0.214. The highest BCUT2D eigenvalue weighted by atomic mass is 32.1. The smallest absolute Gasteiger partial charge is 0.325 e. The van der Waals surface area contributed by atoms with E-state index >= 15 is 0 Å². The first kappa shape index (κ1) is 15.1. The molecule has 2 rings (SSSR count). The molecule has 5 nitrogen and oxygen atoms in total. The number of benzene rings is 1. The summed E-state index contributed by atoms with van der Waals surface area (Å²) in [6, 6.07) is 5.45. The molecule has 0 aliphatic heterocycles. The Bertz CT molecular complexity index is 672. The zero-order chi connectivity index (χ0) is 15.4. The summed E-state index contributed by atoms with van der Waals surface area (Å²) < 4.78 is 17.9. The van der Waals surface area contributed by atoms with Crippen LogP contribution in [0.15, 0.2) is 29.6 Å². The van der Waals surface area contributed by atoms with Gasteiger partial charge in [0.25, 0.3) is 5.91 Å². The number of anilines is 1. The summed E-state index contributed by atoms with van der Waals surface area (Å²) in [5.74, 6) is -1.57. The van der Waals surface area contributed by atoms with Gasteiger partial charge in [-0.05, 0) is 25.1 Å². The van der Waals surface area contributed by atoms with E-state index in [0.717, 1.165) is 9.91 Å². The quantitative estimate of drug-likeness (QED) is 0.814. The molecule has 1 aromatic carbocycles. The van der Waals surface area contributed by atoms with Gasteiger partial charge in [-0.3, -0.25) is 14.5 Å². The highest BCUT2D eigenvalue weighted by Gasteiger charge is 2.23. The van der Waals surface area contributed by atoms with Gasteiger partial charge in [-0.1, -0.05) is 6.07 Å². The van der Waals surface area contributed by atoms with Gasteiger partial charge in [-0.25, -0.2) is 9.37 Å². The van der Waals surface area contributed by atoms with E-state index in [-0.39, 0.29) is 17.9 Å². The van der Waals surface area contributed by atoms with E-state index in [1.165, 1.54) is 36.6 Å². The molecular formula is C14H13FN2O3S. The lowest BCUT2D eigenvalue weighted by Gasteiger charge is -2.20. The third-order valence-electron chi connectivity index (χ3n) is 2.72. The molecule has 0 saturated heterocycles. The summed E-state index contributed by atoms with van der Waals surface area (Å²) in [5, 5.41) is 2.33. The van der Waals surface area contributed by atoms with Crippen LogP contribution in [0.2, 0.25) is 0 Å². The molecule has 1 amide bonds. The minimum atomic E-state index is -0.598. The summed E-state index contributed by atoms with van der Waals surface area (Å²) in [5.41, 5.74) is 0.488. The Kier molecular flexibility index (Phi) is 4.64. The summed E-state index contributed by atoms with van der Waals surface area (Å²) >= 11 is 1.32. The van der Waals surface area contributed by atoms with E-state index in [0.29, 0.717) is 0 Å². The number of thiazole rings is 1. The van der Waals surface area contributed by atoms with Crippen LogP contribution in [0.5, 0.6) is 0 Å². The Labute approximate surface area is 125 Å². The Hall–Kier alpha value is -2.28. The van der Waals surface area contributed by atoms with Crippen LogP contribution in [0.4, 0.5) is 10.1 Å². The van der Waals surface area contributed by atoms with Gasteiger partial charge < -0.3 is 4.74 Å². The van der Waals surface area contributed by atoms with Crippen molar-refractivity contribution in [3.63, 3.8) is 0 Å². The first-order valence-corrected chi connectivity index (χ1v) is 6.95. The number of carbonyl (C=O) groups excluding carboxylic acids is 2. The van der Waals surface area contributed by atoms with E-state index in [9.17, 15) is 14.0 Å². The average molecular weight is 308 g/mol. The molecule has 0 atom stereocenters. The maximum Gasteiger partial charge on any atom is 0.325 e. The molecule has 0 unspecified atom stereocenters. The number of carbonyl (C=O) groups is 2. The van der Waals surface area contributed by atoms with Crippen molar-refractivity contribution in [3.05, 3.63) is 46.2 Å². The van der Waals surface area contributed by atoms with Gasteiger partial charge in [0.15, 0.2) is 0 Å². The zero-order valence-corrected chi connectivity index (χ0v) is 12.3. The molecule has 110 valence electrons. The topological polar surface area (TPSA) is 59.5 Å². The molecule has 0 N–H and O–H groups in total. The van der Waals surface area contributed by atoms with Gasteiger partial charge >= 0.3 is 5.97 Å². The number of hydrogen-bond acceptors (Lipinski definition) is 5. The van der Waals surface area contributed by atoms with E-state index in [1.807, 2.05) is 0 Å². The fraction of sp³-hybridized carbons (Fsp3) is 0.214. The van der Waals surface area contributed by atoms with Gasteiger partial charge in [0.2, 0.25) is 0 Å². The molecule has 0 aliphatic carbocycles. The maximum atomic E-state index is 13.3. The normalized spacial score (nSPS) is 10.2. The SMILES string of the molecule is COC(=O)CN(C(=O)c1csc(C)n1)c1cccc(F)c1. The van der Waals surface area contributed by atoms with Crippen LogP contribution in [-0.4, -0.2) is 30.5 Å². The van der Waals surface area contributed by atoms with E-state index in [2.05, 4.69) is 9.72 Å². The number of amides is 1. The fourth-order valence-electron chi connectivity index (χ4n) is 1.72. The third kappa shape index (κ3) is 3.63. The predicted molar refractivity (Wildman–Crippen MR) is 76.9 cm³/mol. The molecule has 0 aliphatic rings. The van der Waals surface area contributed by atoms with Crippen molar-refractivity contribution < 1.29 is 18.7 Å². The largest absolute Gasteiger partial charge is 0.468 e. The first-order chi connectivity index (χ1) is 10.0. The van der Waals surface area contributed by atoms with Crippen LogP contribution in [0.3, 0.4) is 0 Å². The van der Waals surface area contributed by atoms with Gasteiger partial charge in [0.1, 0.15) is 18.1 Å². The van der Waals surface area contributed by atoms with Gasteiger partial charge in [-0.15, -0.1) is 11.3 Å². The summed E-state index contributed by atoms with van der Waals surface area (Å²) in [4.78, 5) is 29.2. The molecule has 2 aromatic rings. The maximum absolute atomic E-state index is 13.3. The Morgan fingerprint density at radius 1 is 1.43 bits per heavy atom. The second-order valence-corrected chi connectivity index (χ2v) is 5.26.